The number of aromatic nitrogens is 1. The van der Waals surface area contributed by atoms with E-state index >= 15 is 0 Å². The molecule has 0 fully saturated rings. The molecule has 23 heavy (non-hydrogen) atoms. The summed E-state index contributed by atoms with van der Waals surface area (Å²) in [5, 5.41) is 7.39. The Bertz CT molecular complexity index is 826. The van der Waals surface area contributed by atoms with E-state index in [-0.39, 0.29) is 18.2 Å². The van der Waals surface area contributed by atoms with Crippen LogP contribution in [0.1, 0.15) is 10.6 Å². The molecule has 0 unspecified atom stereocenters. The fraction of sp³-hybridized carbons (Fsp3) is 0.0714. The number of furan rings is 1. The minimum absolute atomic E-state index is 0.156. The van der Waals surface area contributed by atoms with Gasteiger partial charge in [0.1, 0.15) is 0 Å². The Balaban J connectivity index is 1.54. The summed E-state index contributed by atoms with van der Waals surface area (Å²) in [6.07, 6.45) is 1.39. The molecule has 2 N–H and O–H groups in total. The van der Waals surface area contributed by atoms with Crippen molar-refractivity contribution in [3.8, 4) is 10.6 Å². The summed E-state index contributed by atoms with van der Waals surface area (Å²) in [5.74, 6) is -0.655. The van der Waals surface area contributed by atoms with Gasteiger partial charge < -0.3 is 15.1 Å². The van der Waals surface area contributed by atoms with Crippen molar-refractivity contribution in [2.45, 2.75) is 0 Å². The van der Waals surface area contributed by atoms with Crippen LogP contribution in [0.2, 0.25) is 4.34 Å². The average Bonchev–Trinajstić information content (AvgIpc) is 3.25. The first-order valence-electron chi connectivity index (χ1n) is 6.44. The second-order valence-corrected chi connectivity index (χ2v) is 6.92. The molecule has 118 valence electrons. The van der Waals surface area contributed by atoms with Crippen LogP contribution >= 0.6 is 34.3 Å². The maximum absolute atomic E-state index is 11.8. The number of rotatable bonds is 5. The largest absolute Gasteiger partial charge is 0.459 e. The molecule has 0 aliphatic rings. The Labute approximate surface area is 144 Å². The van der Waals surface area contributed by atoms with Crippen molar-refractivity contribution >= 4 is 51.2 Å². The van der Waals surface area contributed by atoms with E-state index in [1.54, 1.807) is 12.1 Å². The van der Waals surface area contributed by atoms with Gasteiger partial charge in [0.05, 0.1) is 27.7 Å². The van der Waals surface area contributed by atoms with E-state index in [0.29, 0.717) is 9.47 Å². The third-order valence-electron chi connectivity index (χ3n) is 2.73. The van der Waals surface area contributed by atoms with Crippen LogP contribution in [0.15, 0.2) is 40.3 Å². The van der Waals surface area contributed by atoms with Crippen LogP contribution in [0.3, 0.4) is 0 Å². The van der Waals surface area contributed by atoms with E-state index in [9.17, 15) is 9.59 Å². The number of anilines is 1. The van der Waals surface area contributed by atoms with Gasteiger partial charge in [0.25, 0.3) is 5.91 Å². The highest BCUT2D eigenvalue weighted by Crippen LogP contribution is 2.32. The maximum atomic E-state index is 11.8. The predicted octanol–water partition coefficient (Wildman–Crippen LogP) is 3.49. The number of hydrogen-bond acceptors (Lipinski definition) is 6. The van der Waals surface area contributed by atoms with Gasteiger partial charge in [0.2, 0.25) is 5.91 Å². The highest BCUT2D eigenvalue weighted by molar-refractivity contribution is 7.20. The van der Waals surface area contributed by atoms with Gasteiger partial charge in [-0.15, -0.1) is 22.7 Å². The Morgan fingerprint density at radius 2 is 2.17 bits per heavy atom. The van der Waals surface area contributed by atoms with Gasteiger partial charge >= 0.3 is 0 Å². The lowest BCUT2D eigenvalue weighted by Gasteiger charge is -2.03. The van der Waals surface area contributed by atoms with E-state index in [0.717, 1.165) is 10.6 Å². The molecule has 3 aromatic rings. The highest BCUT2D eigenvalue weighted by Gasteiger charge is 2.12. The number of hydrogen-bond donors (Lipinski definition) is 2. The summed E-state index contributed by atoms with van der Waals surface area (Å²) in [5.41, 5.74) is 0.752. The first kappa shape index (κ1) is 15.7. The SMILES string of the molecule is O=C(CNC(=O)c1ccco1)Nc1nc(-c2ccc(Cl)s2)cs1. The summed E-state index contributed by atoms with van der Waals surface area (Å²) >= 11 is 8.61. The molecule has 0 saturated carbocycles. The van der Waals surface area contributed by atoms with E-state index in [1.807, 2.05) is 11.4 Å². The van der Waals surface area contributed by atoms with Gasteiger partial charge in [0, 0.05) is 5.38 Å². The van der Waals surface area contributed by atoms with Crippen molar-refractivity contribution in [1.29, 1.82) is 0 Å². The number of amides is 2. The number of nitrogens with one attached hydrogen (secondary N) is 2. The van der Waals surface area contributed by atoms with Crippen LogP contribution in [0, 0.1) is 0 Å². The molecule has 0 aliphatic carbocycles. The summed E-state index contributed by atoms with van der Waals surface area (Å²) in [6.45, 7) is -0.167. The fourth-order valence-electron chi connectivity index (χ4n) is 1.72. The fourth-order valence-corrected chi connectivity index (χ4v) is 3.52. The van der Waals surface area contributed by atoms with Crippen molar-refractivity contribution in [3.63, 3.8) is 0 Å². The van der Waals surface area contributed by atoms with Gasteiger partial charge in [-0.25, -0.2) is 4.98 Å². The smallest absolute Gasteiger partial charge is 0.287 e. The third kappa shape index (κ3) is 3.98. The first-order chi connectivity index (χ1) is 11.1. The van der Waals surface area contributed by atoms with Gasteiger partial charge in [-0.1, -0.05) is 11.6 Å². The van der Waals surface area contributed by atoms with Crippen LogP contribution in [0.4, 0.5) is 5.13 Å². The quantitative estimate of drug-likeness (QED) is 0.723. The molecule has 0 aromatic carbocycles. The van der Waals surface area contributed by atoms with Crippen LogP contribution < -0.4 is 10.6 Å². The molecule has 3 aromatic heterocycles. The van der Waals surface area contributed by atoms with Gasteiger partial charge in [-0.05, 0) is 24.3 Å². The van der Waals surface area contributed by atoms with Gasteiger partial charge in [-0.2, -0.15) is 0 Å². The number of nitrogens with zero attached hydrogens (tertiary/aromatic N) is 1. The zero-order valence-corrected chi connectivity index (χ0v) is 13.9. The Morgan fingerprint density at radius 3 is 2.87 bits per heavy atom. The maximum Gasteiger partial charge on any atom is 0.287 e. The number of carbonyl (C=O) groups is 2. The highest BCUT2D eigenvalue weighted by atomic mass is 35.5. The molecule has 6 nitrogen and oxygen atoms in total. The first-order valence-corrected chi connectivity index (χ1v) is 8.52. The van der Waals surface area contributed by atoms with Crippen LogP contribution in [-0.2, 0) is 4.79 Å². The van der Waals surface area contributed by atoms with Gasteiger partial charge in [0.15, 0.2) is 10.9 Å². The van der Waals surface area contributed by atoms with E-state index < -0.39 is 5.91 Å². The van der Waals surface area contributed by atoms with Crippen molar-refractivity contribution in [2.24, 2.45) is 0 Å². The lowest BCUT2D eigenvalue weighted by Crippen LogP contribution is -2.32. The second-order valence-electron chi connectivity index (χ2n) is 4.35. The molecule has 0 bridgehead atoms. The monoisotopic (exact) mass is 367 g/mol. The van der Waals surface area contributed by atoms with Crippen molar-refractivity contribution < 1.29 is 14.0 Å². The standard InChI is InChI=1S/C14H10ClN3O3S2/c15-11-4-3-10(23-11)8-7-22-14(17-8)18-12(19)6-16-13(20)9-2-1-5-21-9/h1-5,7H,6H2,(H,16,20)(H,17,18,19). The Morgan fingerprint density at radius 1 is 1.30 bits per heavy atom. The normalized spacial score (nSPS) is 10.5. The topological polar surface area (TPSA) is 84.2 Å². The summed E-state index contributed by atoms with van der Waals surface area (Å²) in [7, 11) is 0. The zero-order chi connectivity index (χ0) is 16.2. The Kier molecular flexibility index (Phi) is 4.75. The predicted molar refractivity (Wildman–Crippen MR) is 90.1 cm³/mol. The third-order valence-corrected chi connectivity index (χ3v) is 4.74. The molecule has 0 saturated heterocycles. The molecule has 0 atom stereocenters. The molecule has 9 heteroatoms. The number of thiophene rings is 1. The summed E-state index contributed by atoms with van der Waals surface area (Å²) in [6, 6.07) is 6.79. The van der Waals surface area contributed by atoms with Crippen molar-refractivity contribution in [2.75, 3.05) is 11.9 Å². The molecule has 3 heterocycles. The Hall–Kier alpha value is -2.16. The van der Waals surface area contributed by atoms with E-state index in [2.05, 4.69) is 15.6 Å². The molecule has 0 spiro atoms. The van der Waals surface area contributed by atoms with E-state index in [1.165, 1.54) is 35.0 Å². The van der Waals surface area contributed by atoms with Crippen LogP contribution in [0.25, 0.3) is 10.6 Å². The molecular weight excluding hydrogens is 358 g/mol. The lowest BCUT2D eigenvalue weighted by atomic mass is 10.4. The molecule has 0 radical (unpaired) electrons. The average molecular weight is 368 g/mol. The zero-order valence-electron chi connectivity index (χ0n) is 11.5. The van der Waals surface area contributed by atoms with Crippen LogP contribution in [0.5, 0.6) is 0 Å². The molecular formula is C14H10ClN3O3S2. The molecule has 3 rings (SSSR count). The summed E-state index contributed by atoms with van der Waals surface area (Å²) in [4.78, 5) is 28.7. The lowest BCUT2D eigenvalue weighted by molar-refractivity contribution is -0.115. The van der Waals surface area contributed by atoms with E-state index in [4.69, 9.17) is 16.0 Å². The molecule has 2 amide bonds. The molecule has 0 aliphatic heterocycles. The summed E-state index contributed by atoms with van der Waals surface area (Å²) < 4.78 is 5.62. The minimum atomic E-state index is -0.446. The van der Waals surface area contributed by atoms with Gasteiger partial charge in [-0.3, -0.25) is 9.59 Å². The number of thiazole rings is 1. The van der Waals surface area contributed by atoms with Crippen molar-refractivity contribution in [1.82, 2.24) is 10.3 Å². The minimum Gasteiger partial charge on any atom is -0.459 e. The number of halogens is 1. The second kappa shape index (κ2) is 6.95. The van der Waals surface area contributed by atoms with Crippen LogP contribution in [-0.4, -0.2) is 23.3 Å². The number of carbonyl (C=O) groups excluding carboxylic acids is 2. The van der Waals surface area contributed by atoms with Crippen molar-refractivity contribution in [3.05, 3.63) is 46.0 Å².